The minimum Gasteiger partial charge on any atom is -0.347 e. The molecule has 0 saturated carbocycles. The van der Waals surface area contributed by atoms with E-state index in [1.54, 1.807) is 10.0 Å². The highest BCUT2D eigenvalue weighted by Gasteiger charge is 2.17. The van der Waals surface area contributed by atoms with Crippen LogP contribution in [0, 0.1) is 6.92 Å². The molecule has 1 N–H and O–H groups in total. The molecule has 96 valence electrons. The van der Waals surface area contributed by atoms with Crippen molar-refractivity contribution in [3.63, 3.8) is 0 Å². The van der Waals surface area contributed by atoms with E-state index in [0.717, 1.165) is 10.5 Å². The summed E-state index contributed by atoms with van der Waals surface area (Å²) in [7, 11) is 0. The molecule has 5 nitrogen and oxygen atoms in total. The average molecular weight is 272 g/mol. The highest BCUT2D eigenvalue weighted by Crippen LogP contribution is 2.14. The van der Waals surface area contributed by atoms with E-state index in [0.29, 0.717) is 17.9 Å². The monoisotopic (exact) mass is 272 g/mol. The zero-order chi connectivity index (χ0) is 13.2. The van der Waals surface area contributed by atoms with Crippen molar-refractivity contribution >= 4 is 22.2 Å². The van der Waals surface area contributed by atoms with Gasteiger partial charge in [0.15, 0.2) is 5.69 Å². The number of hydrogen-bond donors (Lipinski definition) is 1. The molecule has 3 rings (SSSR count). The van der Waals surface area contributed by atoms with Crippen LogP contribution in [0.15, 0.2) is 35.8 Å². The number of aromatic nitrogens is 3. The van der Waals surface area contributed by atoms with Gasteiger partial charge in [0.1, 0.15) is 5.51 Å². The molecule has 19 heavy (non-hydrogen) atoms. The fraction of sp³-hybridized carbons (Fsp3) is 0.154. The number of carbonyl (C=O) groups is 1. The van der Waals surface area contributed by atoms with Gasteiger partial charge in [0.05, 0.1) is 5.69 Å². The predicted octanol–water partition coefficient (Wildman–Crippen LogP) is 2.03. The van der Waals surface area contributed by atoms with Gasteiger partial charge in [-0.15, -0.1) is 0 Å². The highest BCUT2D eigenvalue weighted by molar-refractivity contribution is 7.14. The van der Waals surface area contributed by atoms with Gasteiger partial charge in [-0.05, 0) is 12.5 Å². The third-order valence-corrected chi connectivity index (χ3v) is 3.51. The molecule has 0 aliphatic carbocycles. The number of nitrogens with one attached hydrogen (secondary N) is 1. The number of benzene rings is 1. The van der Waals surface area contributed by atoms with E-state index in [1.165, 1.54) is 11.3 Å². The van der Waals surface area contributed by atoms with Crippen LogP contribution < -0.4 is 5.32 Å². The average Bonchev–Trinajstić information content (AvgIpc) is 2.97. The molecule has 1 amide bonds. The fourth-order valence-electron chi connectivity index (χ4n) is 1.92. The summed E-state index contributed by atoms with van der Waals surface area (Å²) in [6.07, 6.45) is 0. The molecule has 0 bridgehead atoms. The van der Waals surface area contributed by atoms with Crippen LogP contribution in [0.1, 0.15) is 21.7 Å². The van der Waals surface area contributed by atoms with Gasteiger partial charge in [-0.2, -0.15) is 9.61 Å². The first-order valence-corrected chi connectivity index (χ1v) is 6.74. The Balaban J connectivity index is 1.80. The predicted molar refractivity (Wildman–Crippen MR) is 73.2 cm³/mol. The third-order valence-electron chi connectivity index (χ3n) is 2.83. The zero-order valence-electron chi connectivity index (χ0n) is 10.3. The molecule has 0 radical (unpaired) electrons. The topological polar surface area (TPSA) is 59.3 Å². The Morgan fingerprint density at radius 1 is 1.37 bits per heavy atom. The van der Waals surface area contributed by atoms with Gasteiger partial charge in [0.25, 0.3) is 5.91 Å². The summed E-state index contributed by atoms with van der Waals surface area (Å²) in [4.78, 5) is 17.3. The second-order valence-electron chi connectivity index (χ2n) is 4.15. The molecule has 0 atom stereocenters. The molecule has 0 fully saturated rings. The van der Waals surface area contributed by atoms with Gasteiger partial charge in [-0.25, -0.2) is 4.98 Å². The maximum Gasteiger partial charge on any atom is 0.272 e. The molecule has 3 aromatic rings. The first-order chi connectivity index (χ1) is 9.25. The normalized spacial score (nSPS) is 10.8. The largest absolute Gasteiger partial charge is 0.347 e. The Hall–Kier alpha value is -2.21. The molecule has 1 aromatic carbocycles. The lowest BCUT2D eigenvalue weighted by atomic mass is 10.2. The summed E-state index contributed by atoms with van der Waals surface area (Å²) >= 11 is 1.41. The number of nitrogens with zero attached hydrogens (tertiary/aromatic N) is 3. The van der Waals surface area contributed by atoms with Crippen LogP contribution in [0.5, 0.6) is 0 Å². The Kier molecular flexibility index (Phi) is 3.00. The van der Waals surface area contributed by atoms with Crippen molar-refractivity contribution in [2.75, 3.05) is 0 Å². The molecule has 2 heterocycles. The molecule has 0 saturated heterocycles. The van der Waals surface area contributed by atoms with E-state index in [-0.39, 0.29) is 5.91 Å². The standard InChI is InChI=1S/C13H12N4OS/c1-9-11(17-13(16-9)19-8-15-17)12(18)14-7-10-5-3-2-4-6-10/h2-6,8H,7H2,1H3,(H,14,18). The molecular formula is C13H12N4OS. The number of fused-ring (bicyclic) bond motifs is 1. The van der Waals surface area contributed by atoms with Crippen LogP contribution in [0.2, 0.25) is 0 Å². The SMILES string of the molecule is Cc1nc2scnn2c1C(=O)NCc1ccccc1. The summed E-state index contributed by atoms with van der Waals surface area (Å²) < 4.78 is 1.58. The third kappa shape index (κ3) is 2.22. The minimum absolute atomic E-state index is 0.153. The maximum absolute atomic E-state index is 12.2. The Morgan fingerprint density at radius 3 is 2.95 bits per heavy atom. The van der Waals surface area contributed by atoms with Crippen molar-refractivity contribution in [2.45, 2.75) is 13.5 Å². The fourth-order valence-corrected chi connectivity index (χ4v) is 2.58. The van der Waals surface area contributed by atoms with Crippen LogP contribution in [0.3, 0.4) is 0 Å². The molecule has 0 aliphatic heterocycles. The Bertz CT molecular complexity index is 717. The lowest BCUT2D eigenvalue weighted by Crippen LogP contribution is -2.25. The molecule has 0 unspecified atom stereocenters. The second kappa shape index (κ2) is 4.81. The minimum atomic E-state index is -0.153. The molecule has 6 heteroatoms. The first kappa shape index (κ1) is 11.9. The highest BCUT2D eigenvalue weighted by atomic mass is 32.1. The maximum atomic E-state index is 12.2. The summed E-state index contributed by atoms with van der Waals surface area (Å²) in [5.41, 5.74) is 3.94. The smallest absolute Gasteiger partial charge is 0.272 e. The van der Waals surface area contributed by atoms with Crippen LogP contribution in [-0.4, -0.2) is 20.5 Å². The Morgan fingerprint density at radius 2 is 2.16 bits per heavy atom. The summed E-state index contributed by atoms with van der Waals surface area (Å²) in [5.74, 6) is -0.153. The molecule has 0 spiro atoms. The van der Waals surface area contributed by atoms with Crippen molar-refractivity contribution < 1.29 is 4.79 Å². The van der Waals surface area contributed by atoms with Gasteiger partial charge < -0.3 is 5.32 Å². The number of hydrogen-bond acceptors (Lipinski definition) is 4. The van der Waals surface area contributed by atoms with E-state index in [9.17, 15) is 4.79 Å². The van der Waals surface area contributed by atoms with Crippen LogP contribution >= 0.6 is 11.3 Å². The summed E-state index contributed by atoms with van der Waals surface area (Å²) in [6.45, 7) is 2.31. The van der Waals surface area contributed by atoms with Crippen LogP contribution in [0.4, 0.5) is 0 Å². The van der Waals surface area contributed by atoms with Crippen LogP contribution in [-0.2, 0) is 6.54 Å². The summed E-state index contributed by atoms with van der Waals surface area (Å²) in [6, 6.07) is 9.80. The van der Waals surface area contributed by atoms with Gasteiger partial charge in [-0.1, -0.05) is 41.7 Å². The second-order valence-corrected chi connectivity index (χ2v) is 4.96. The molecular weight excluding hydrogens is 260 g/mol. The van der Waals surface area contributed by atoms with E-state index < -0.39 is 0 Å². The molecule has 2 aromatic heterocycles. The van der Waals surface area contributed by atoms with Crippen molar-refractivity contribution in [3.8, 4) is 0 Å². The van der Waals surface area contributed by atoms with E-state index in [1.807, 2.05) is 37.3 Å². The van der Waals surface area contributed by atoms with Crippen molar-refractivity contribution in [3.05, 3.63) is 52.8 Å². The zero-order valence-corrected chi connectivity index (χ0v) is 11.1. The Labute approximate surface area is 113 Å². The number of imidazole rings is 1. The number of carbonyl (C=O) groups excluding carboxylic acids is 1. The van der Waals surface area contributed by atoms with E-state index in [4.69, 9.17) is 0 Å². The summed E-state index contributed by atoms with van der Waals surface area (Å²) in [5, 5.41) is 7.02. The first-order valence-electron chi connectivity index (χ1n) is 5.86. The van der Waals surface area contributed by atoms with Crippen LogP contribution in [0.25, 0.3) is 4.96 Å². The van der Waals surface area contributed by atoms with Gasteiger partial charge in [0, 0.05) is 6.54 Å². The van der Waals surface area contributed by atoms with Gasteiger partial charge in [0.2, 0.25) is 4.96 Å². The number of amides is 1. The lowest BCUT2D eigenvalue weighted by molar-refractivity contribution is 0.0943. The number of aryl methyl sites for hydroxylation is 1. The van der Waals surface area contributed by atoms with Gasteiger partial charge in [-0.3, -0.25) is 4.79 Å². The van der Waals surface area contributed by atoms with Gasteiger partial charge >= 0.3 is 0 Å². The molecule has 0 aliphatic rings. The quantitative estimate of drug-likeness (QED) is 0.793. The van der Waals surface area contributed by atoms with Crippen molar-refractivity contribution in [2.24, 2.45) is 0 Å². The van der Waals surface area contributed by atoms with E-state index >= 15 is 0 Å². The van der Waals surface area contributed by atoms with E-state index in [2.05, 4.69) is 15.4 Å². The van der Waals surface area contributed by atoms with Crippen molar-refractivity contribution in [1.29, 1.82) is 0 Å². The van der Waals surface area contributed by atoms with Crippen molar-refractivity contribution in [1.82, 2.24) is 19.9 Å². The lowest BCUT2D eigenvalue weighted by Gasteiger charge is -2.04. The number of rotatable bonds is 3.